The number of ether oxygens (including phenoxy) is 1. The van der Waals surface area contributed by atoms with Gasteiger partial charge in [-0.15, -0.1) is 0 Å². The van der Waals surface area contributed by atoms with E-state index in [9.17, 15) is 19.6 Å². The van der Waals surface area contributed by atoms with Gasteiger partial charge in [0.05, 0.1) is 6.04 Å². The van der Waals surface area contributed by atoms with Crippen molar-refractivity contribution in [1.29, 1.82) is 0 Å². The first-order valence-electron chi connectivity index (χ1n) is 5.86. The first-order chi connectivity index (χ1) is 8.97. The highest BCUT2D eigenvalue weighted by atomic mass is 16.5. The molecule has 2 bridgehead atoms. The number of carbonyl (C=O) groups is 3. The van der Waals surface area contributed by atoms with E-state index in [0.29, 0.717) is 22.9 Å². The van der Waals surface area contributed by atoms with Crippen LogP contribution in [0.15, 0.2) is 0 Å². The third-order valence-electron chi connectivity index (χ3n) is 3.40. The summed E-state index contributed by atoms with van der Waals surface area (Å²) in [5, 5.41) is 10.6. The summed E-state index contributed by atoms with van der Waals surface area (Å²) < 4.78 is 4.61. The number of amides is 4. The maximum absolute atomic E-state index is 12.1. The van der Waals surface area contributed by atoms with E-state index in [1.165, 1.54) is 12.0 Å². The van der Waals surface area contributed by atoms with Gasteiger partial charge in [0, 0.05) is 13.7 Å². The number of rotatable bonds is 3. The lowest BCUT2D eigenvalue weighted by Gasteiger charge is -2.31. The van der Waals surface area contributed by atoms with Gasteiger partial charge in [0.25, 0.3) is 11.8 Å². The third-order valence-corrected chi connectivity index (χ3v) is 3.40. The second kappa shape index (κ2) is 5.11. The molecule has 0 aromatic rings. The number of urea groups is 1. The van der Waals surface area contributed by atoms with Crippen LogP contribution in [0.5, 0.6) is 0 Å². The molecule has 19 heavy (non-hydrogen) atoms. The van der Waals surface area contributed by atoms with Gasteiger partial charge in [-0.3, -0.25) is 14.8 Å². The van der Waals surface area contributed by atoms with Crippen LogP contribution >= 0.6 is 0 Å². The van der Waals surface area contributed by atoms with Gasteiger partial charge >= 0.3 is 6.03 Å². The van der Waals surface area contributed by atoms with Gasteiger partial charge in [-0.25, -0.2) is 20.7 Å². The Kier molecular flexibility index (Phi) is 3.69. The predicted octanol–water partition coefficient (Wildman–Crippen LogP) is -1.48. The molecular formula is C10H16N4O5. The average molecular weight is 272 g/mol. The highest BCUT2D eigenvalue weighted by Gasteiger charge is 2.48. The van der Waals surface area contributed by atoms with Crippen molar-refractivity contribution in [2.24, 2.45) is 5.84 Å². The Hall–Kier alpha value is -1.71. The fraction of sp³-hybridized carbons (Fsp3) is 0.700. The van der Waals surface area contributed by atoms with Crippen molar-refractivity contribution in [3.63, 3.8) is 0 Å². The number of imide groups is 1. The zero-order chi connectivity index (χ0) is 14.2. The Balaban J connectivity index is 2.08. The maximum Gasteiger partial charge on any atom is 0.344 e. The summed E-state index contributed by atoms with van der Waals surface area (Å²) >= 11 is 0. The van der Waals surface area contributed by atoms with Crippen LogP contribution in [0.2, 0.25) is 0 Å². The topological polar surface area (TPSA) is 116 Å². The number of piperidine rings is 1. The minimum Gasteiger partial charge on any atom is -0.375 e. The molecule has 2 saturated heterocycles. The van der Waals surface area contributed by atoms with Crippen LogP contribution in [0.3, 0.4) is 0 Å². The molecule has 2 aliphatic heterocycles. The average Bonchev–Trinajstić information content (AvgIpc) is 2.63. The molecule has 2 atom stereocenters. The molecule has 0 spiro atoms. The van der Waals surface area contributed by atoms with Gasteiger partial charge in [0.2, 0.25) is 0 Å². The summed E-state index contributed by atoms with van der Waals surface area (Å²) in [7, 11) is 1.31. The Labute approximate surface area is 109 Å². The van der Waals surface area contributed by atoms with Gasteiger partial charge < -0.3 is 9.64 Å². The largest absolute Gasteiger partial charge is 0.375 e. The van der Waals surface area contributed by atoms with Crippen molar-refractivity contribution in [1.82, 2.24) is 15.0 Å². The summed E-state index contributed by atoms with van der Waals surface area (Å²) in [6.45, 7) is -0.0459. The maximum atomic E-state index is 12.1. The zero-order valence-corrected chi connectivity index (χ0v) is 10.5. The molecule has 0 saturated carbocycles. The first-order valence-corrected chi connectivity index (χ1v) is 5.86. The number of nitrogens with two attached hydrogens (primary N) is 1. The smallest absolute Gasteiger partial charge is 0.344 e. The number of fused-ring (bicyclic) bond motifs is 2. The molecule has 9 nitrogen and oxygen atoms in total. The van der Waals surface area contributed by atoms with Crippen molar-refractivity contribution in [2.45, 2.75) is 24.9 Å². The van der Waals surface area contributed by atoms with E-state index in [4.69, 9.17) is 5.84 Å². The van der Waals surface area contributed by atoms with Crippen molar-refractivity contribution < 1.29 is 24.3 Å². The van der Waals surface area contributed by atoms with E-state index in [0.717, 1.165) is 0 Å². The van der Waals surface area contributed by atoms with Crippen LogP contribution in [0, 0.1) is 0 Å². The summed E-state index contributed by atoms with van der Waals surface area (Å²) in [4.78, 5) is 36.5. The lowest BCUT2D eigenvalue weighted by atomic mass is 10.00. The Morgan fingerprint density at radius 1 is 1.53 bits per heavy atom. The van der Waals surface area contributed by atoms with E-state index in [1.807, 2.05) is 0 Å². The Bertz CT molecular complexity index is 415. The molecule has 0 aromatic carbocycles. The van der Waals surface area contributed by atoms with Gasteiger partial charge in [0.15, 0.2) is 0 Å². The fourth-order valence-electron chi connectivity index (χ4n) is 2.38. The molecular weight excluding hydrogens is 256 g/mol. The van der Waals surface area contributed by atoms with E-state index >= 15 is 0 Å². The minimum atomic E-state index is -0.813. The molecule has 0 radical (unpaired) electrons. The number of hydrogen-bond acceptors (Lipinski definition) is 6. The second-order valence-corrected chi connectivity index (χ2v) is 4.56. The highest BCUT2D eigenvalue weighted by Crippen LogP contribution is 2.28. The van der Waals surface area contributed by atoms with Gasteiger partial charge in [0.1, 0.15) is 12.6 Å². The normalized spacial score (nSPS) is 25.7. The lowest BCUT2D eigenvalue weighted by Crippen LogP contribution is -2.55. The van der Waals surface area contributed by atoms with E-state index in [1.54, 1.807) is 0 Å². The zero-order valence-electron chi connectivity index (χ0n) is 10.5. The van der Waals surface area contributed by atoms with Crippen molar-refractivity contribution in [2.75, 3.05) is 20.3 Å². The molecule has 2 fully saturated rings. The van der Waals surface area contributed by atoms with Crippen LogP contribution in [0.1, 0.15) is 12.8 Å². The number of hydrazine groups is 1. The lowest BCUT2D eigenvalue weighted by molar-refractivity contribution is -0.150. The minimum absolute atomic E-state index is 0.262. The predicted molar refractivity (Wildman–Crippen MR) is 60.5 cm³/mol. The molecule has 2 heterocycles. The quantitative estimate of drug-likeness (QED) is 0.280. The van der Waals surface area contributed by atoms with Crippen LogP contribution in [-0.2, 0) is 14.3 Å². The molecule has 106 valence electrons. The third kappa shape index (κ3) is 2.27. The molecule has 3 N–H and O–H groups in total. The van der Waals surface area contributed by atoms with Crippen molar-refractivity contribution >= 4 is 17.8 Å². The number of methoxy groups -OCH3 is 1. The summed E-state index contributed by atoms with van der Waals surface area (Å²) in [6.07, 6.45) is 0.849. The Morgan fingerprint density at radius 3 is 2.84 bits per heavy atom. The van der Waals surface area contributed by atoms with Crippen molar-refractivity contribution in [3.8, 4) is 0 Å². The van der Waals surface area contributed by atoms with Gasteiger partial charge in [-0.2, -0.15) is 0 Å². The summed E-state index contributed by atoms with van der Waals surface area (Å²) in [5.74, 6) is 4.09. The molecule has 2 aliphatic rings. The molecule has 0 aromatic heterocycles. The van der Waals surface area contributed by atoms with Crippen LogP contribution in [0.4, 0.5) is 4.79 Å². The second-order valence-electron chi connectivity index (χ2n) is 4.56. The molecule has 9 heteroatoms. The molecule has 2 rings (SSSR count). The SMILES string of the molecule is COCC(=O)N(N)C(=O)[C@@H]1CC[C@@H]2CN1C(=O)N2O. The van der Waals surface area contributed by atoms with Crippen LogP contribution in [-0.4, -0.2) is 70.4 Å². The fourth-order valence-corrected chi connectivity index (χ4v) is 2.38. The highest BCUT2D eigenvalue weighted by molar-refractivity contribution is 5.99. The summed E-state index contributed by atoms with van der Waals surface area (Å²) in [6, 6.07) is -1.74. The van der Waals surface area contributed by atoms with Crippen LogP contribution in [0.25, 0.3) is 0 Å². The Morgan fingerprint density at radius 2 is 2.21 bits per heavy atom. The van der Waals surface area contributed by atoms with Crippen molar-refractivity contribution in [3.05, 3.63) is 0 Å². The van der Waals surface area contributed by atoms with E-state index in [-0.39, 0.29) is 19.2 Å². The van der Waals surface area contributed by atoms with Gasteiger partial charge in [-0.1, -0.05) is 0 Å². The number of hydrogen-bond donors (Lipinski definition) is 2. The van der Waals surface area contributed by atoms with E-state index < -0.39 is 23.9 Å². The van der Waals surface area contributed by atoms with Gasteiger partial charge in [-0.05, 0) is 12.8 Å². The number of nitrogens with zero attached hydrogens (tertiary/aromatic N) is 3. The number of carbonyl (C=O) groups excluding carboxylic acids is 3. The number of hydroxylamine groups is 2. The monoisotopic (exact) mass is 272 g/mol. The molecule has 4 amide bonds. The molecule has 0 unspecified atom stereocenters. The first kappa shape index (κ1) is 13.7. The summed E-state index contributed by atoms with van der Waals surface area (Å²) in [5.41, 5.74) is 0. The van der Waals surface area contributed by atoms with E-state index in [2.05, 4.69) is 4.74 Å². The molecule has 0 aliphatic carbocycles. The standard InChI is InChI=1S/C10H16N4O5/c1-19-5-8(15)13(11)9(16)7-3-2-6-4-12(7)10(17)14(6)18/h6-7,18H,2-5,11H2,1H3/t6-,7+/m1/s1. The van der Waals surface area contributed by atoms with Crippen LogP contribution < -0.4 is 5.84 Å².